The molecule has 1 aromatic heterocycles. The maximum Gasteiger partial charge on any atom is 0.405 e. The van der Waals surface area contributed by atoms with Gasteiger partial charge >= 0.3 is 6.09 Å². The molecule has 0 saturated carbocycles. The zero-order valence-electron chi connectivity index (χ0n) is 12.8. The number of primary amides is 1. The van der Waals surface area contributed by atoms with Crippen molar-refractivity contribution in [1.82, 2.24) is 9.97 Å². The molecule has 0 saturated heterocycles. The Kier molecular flexibility index (Phi) is 5.46. The summed E-state index contributed by atoms with van der Waals surface area (Å²) >= 11 is 5.68. The summed E-state index contributed by atoms with van der Waals surface area (Å²) in [6.45, 7) is 1.59. The fraction of sp³-hybridized carbons (Fsp3) is 0.250. The number of carbonyl (C=O) groups is 2. The van der Waals surface area contributed by atoms with Crippen molar-refractivity contribution in [2.75, 3.05) is 0 Å². The summed E-state index contributed by atoms with van der Waals surface area (Å²) in [4.78, 5) is 31.2. The number of hydrogen-bond acceptors (Lipinski definition) is 5. The van der Waals surface area contributed by atoms with Gasteiger partial charge in [0.15, 0.2) is 17.6 Å². The summed E-state index contributed by atoms with van der Waals surface area (Å²) in [7, 11) is 0. The lowest BCUT2D eigenvalue weighted by atomic mass is 9.82. The minimum Gasteiger partial charge on any atom is -0.438 e. The number of hydrogen-bond donors (Lipinski definition) is 1. The molecule has 2 N–H and O–H groups in total. The van der Waals surface area contributed by atoms with Crippen LogP contribution in [0.4, 0.5) is 9.18 Å². The number of carbonyl (C=O) groups excluding carboxylic acids is 2. The molecule has 1 amide bonds. The molecule has 1 aliphatic rings. The number of amides is 1. The molecule has 1 aliphatic carbocycles. The largest absolute Gasteiger partial charge is 0.438 e. The molecule has 2 unspecified atom stereocenters. The number of alkyl halides is 1. The van der Waals surface area contributed by atoms with Gasteiger partial charge in [-0.25, -0.2) is 19.2 Å². The minimum absolute atomic E-state index is 0.00674. The Bertz CT molecular complexity index is 748. The van der Waals surface area contributed by atoms with E-state index >= 15 is 4.39 Å². The van der Waals surface area contributed by atoms with Crippen LogP contribution in [0, 0.1) is 0 Å². The van der Waals surface area contributed by atoms with E-state index in [4.69, 9.17) is 22.1 Å². The molecule has 0 aliphatic heterocycles. The molecule has 1 aromatic rings. The van der Waals surface area contributed by atoms with E-state index in [1.165, 1.54) is 36.6 Å². The predicted octanol–water partition coefficient (Wildman–Crippen LogP) is 2.49. The van der Waals surface area contributed by atoms with Gasteiger partial charge in [-0.1, -0.05) is 18.2 Å². The highest BCUT2D eigenvalue weighted by Crippen LogP contribution is 2.35. The summed E-state index contributed by atoms with van der Waals surface area (Å²) in [5.74, 6) is -0.521. The van der Waals surface area contributed by atoms with E-state index in [0.717, 1.165) is 6.08 Å². The van der Waals surface area contributed by atoms with Crippen LogP contribution < -0.4 is 5.73 Å². The maximum atomic E-state index is 15.5. The van der Waals surface area contributed by atoms with Crippen molar-refractivity contribution in [3.05, 3.63) is 59.2 Å². The lowest BCUT2D eigenvalue weighted by Gasteiger charge is -2.32. The molecule has 8 heteroatoms. The molecule has 2 rings (SSSR count). The third kappa shape index (κ3) is 3.86. The first-order valence-corrected chi connectivity index (χ1v) is 7.43. The Labute approximate surface area is 142 Å². The van der Waals surface area contributed by atoms with Crippen molar-refractivity contribution in [2.24, 2.45) is 5.73 Å². The lowest BCUT2D eigenvalue weighted by Crippen LogP contribution is -2.45. The van der Waals surface area contributed by atoms with E-state index in [1.807, 2.05) is 0 Å². The molecular formula is C16H15ClFN3O3. The van der Waals surface area contributed by atoms with Crippen LogP contribution in [0.25, 0.3) is 0 Å². The summed E-state index contributed by atoms with van der Waals surface area (Å²) in [5, 5.41) is -0.00674. The van der Waals surface area contributed by atoms with Gasteiger partial charge in [-0.05, 0) is 36.7 Å². The van der Waals surface area contributed by atoms with Crippen molar-refractivity contribution in [2.45, 2.75) is 25.1 Å². The summed E-state index contributed by atoms with van der Waals surface area (Å²) in [6.07, 6.45) is 5.45. The standard InChI is InChI=1S/C16H15ClFN3O3/c1-2-7-16(18)11(4-3-5-13(16)24-15(19)23)12(22)9-10-6-8-20-14(17)21-10/h2-8,13H,9H2,1H3,(H2,19,23). The first kappa shape index (κ1) is 17.8. The van der Waals surface area contributed by atoms with Crippen molar-refractivity contribution >= 4 is 23.5 Å². The molecule has 0 bridgehead atoms. The fourth-order valence-corrected chi connectivity index (χ4v) is 2.55. The summed E-state index contributed by atoms with van der Waals surface area (Å²) in [5.41, 5.74) is 2.86. The van der Waals surface area contributed by atoms with Gasteiger partial charge in [-0.15, -0.1) is 0 Å². The average molecular weight is 352 g/mol. The number of nitrogens with zero attached hydrogens (tertiary/aromatic N) is 2. The van der Waals surface area contributed by atoms with Crippen LogP contribution in [-0.4, -0.2) is 33.6 Å². The zero-order valence-corrected chi connectivity index (χ0v) is 13.5. The SMILES string of the molecule is CC=CC1(F)C(C(=O)Cc2ccnc(Cl)n2)=CC=CC1OC(N)=O. The number of halogens is 2. The normalized spacial score (nSPS) is 23.1. The number of rotatable bonds is 5. The number of Topliss-reactive ketones (excluding diaryl/α,β-unsaturated/α-hetero) is 1. The Morgan fingerprint density at radius 3 is 2.92 bits per heavy atom. The first-order valence-electron chi connectivity index (χ1n) is 7.05. The average Bonchev–Trinajstić information content (AvgIpc) is 2.49. The minimum atomic E-state index is -2.31. The van der Waals surface area contributed by atoms with Crippen LogP contribution in [0.15, 0.2) is 48.2 Å². The van der Waals surface area contributed by atoms with Crippen LogP contribution in [0.2, 0.25) is 5.28 Å². The van der Waals surface area contributed by atoms with E-state index in [-0.39, 0.29) is 17.3 Å². The molecule has 0 radical (unpaired) electrons. The van der Waals surface area contributed by atoms with Crippen molar-refractivity contribution in [1.29, 1.82) is 0 Å². The Balaban J connectivity index is 2.32. The van der Waals surface area contributed by atoms with Crippen molar-refractivity contribution < 1.29 is 18.7 Å². The maximum absolute atomic E-state index is 15.5. The van der Waals surface area contributed by atoms with E-state index in [1.54, 1.807) is 6.92 Å². The second kappa shape index (κ2) is 7.35. The smallest absolute Gasteiger partial charge is 0.405 e. The summed E-state index contributed by atoms with van der Waals surface area (Å²) in [6, 6.07) is 1.51. The zero-order chi connectivity index (χ0) is 17.7. The second-order valence-corrected chi connectivity index (χ2v) is 5.35. The van der Waals surface area contributed by atoms with Crippen LogP contribution in [0.1, 0.15) is 12.6 Å². The summed E-state index contributed by atoms with van der Waals surface area (Å²) < 4.78 is 20.3. The Hall–Kier alpha value is -2.54. The molecule has 24 heavy (non-hydrogen) atoms. The highest BCUT2D eigenvalue weighted by atomic mass is 35.5. The topological polar surface area (TPSA) is 95.2 Å². The van der Waals surface area contributed by atoms with Gasteiger partial charge in [-0.2, -0.15) is 0 Å². The van der Waals surface area contributed by atoms with Crippen molar-refractivity contribution in [3.8, 4) is 0 Å². The highest BCUT2D eigenvalue weighted by Gasteiger charge is 2.45. The van der Waals surface area contributed by atoms with Gasteiger partial charge in [0.2, 0.25) is 5.28 Å². The number of allylic oxidation sites excluding steroid dienone is 3. The van der Waals surface area contributed by atoms with Gasteiger partial charge in [0.05, 0.1) is 12.1 Å². The van der Waals surface area contributed by atoms with Gasteiger partial charge < -0.3 is 10.5 Å². The Morgan fingerprint density at radius 1 is 1.54 bits per heavy atom. The van der Waals surface area contributed by atoms with Crippen LogP contribution in [0.5, 0.6) is 0 Å². The molecule has 2 atom stereocenters. The lowest BCUT2D eigenvalue weighted by molar-refractivity contribution is -0.116. The highest BCUT2D eigenvalue weighted by molar-refractivity contribution is 6.28. The third-order valence-electron chi connectivity index (χ3n) is 3.35. The molecule has 126 valence electrons. The number of ketones is 1. The second-order valence-electron chi connectivity index (χ2n) is 5.01. The first-order chi connectivity index (χ1) is 11.4. The van der Waals surface area contributed by atoms with E-state index in [9.17, 15) is 9.59 Å². The molecule has 1 heterocycles. The van der Waals surface area contributed by atoms with Crippen LogP contribution in [0.3, 0.4) is 0 Å². The predicted molar refractivity (Wildman–Crippen MR) is 86.1 cm³/mol. The molecule has 0 spiro atoms. The van der Waals surface area contributed by atoms with E-state index in [0.29, 0.717) is 5.69 Å². The molecular weight excluding hydrogens is 337 g/mol. The monoisotopic (exact) mass is 351 g/mol. The number of aromatic nitrogens is 2. The molecule has 0 aromatic carbocycles. The van der Waals surface area contributed by atoms with Gasteiger partial charge in [-0.3, -0.25) is 4.79 Å². The van der Waals surface area contributed by atoms with E-state index in [2.05, 4.69) is 9.97 Å². The molecule has 0 fully saturated rings. The fourth-order valence-electron chi connectivity index (χ4n) is 2.39. The van der Waals surface area contributed by atoms with Crippen LogP contribution >= 0.6 is 11.6 Å². The van der Waals surface area contributed by atoms with Crippen molar-refractivity contribution in [3.63, 3.8) is 0 Å². The van der Waals surface area contributed by atoms with Gasteiger partial charge in [0.1, 0.15) is 0 Å². The van der Waals surface area contributed by atoms with E-state index < -0.39 is 23.6 Å². The molecule has 6 nitrogen and oxygen atoms in total. The van der Waals surface area contributed by atoms with Crippen LogP contribution in [-0.2, 0) is 16.0 Å². The Morgan fingerprint density at radius 2 is 2.29 bits per heavy atom. The number of ether oxygens (including phenoxy) is 1. The quantitative estimate of drug-likeness (QED) is 0.649. The third-order valence-corrected chi connectivity index (χ3v) is 3.54. The number of nitrogens with two attached hydrogens (primary N) is 1. The van der Waals surface area contributed by atoms with Gasteiger partial charge in [0, 0.05) is 11.8 Å². The van der Waals surface area contributed by atoms with Gasteiger partial charge in [0.25, 0.3) is 0 Å².